The van der Waals surface area contributed by atoms with Crippen LogP contribution < -0.4 is 5.32 Å². The number of carbonyl (C=O) groups excluding carboxylic acids is 2. The number of benzene rings is 2. The van der Waals surface area contributed by atoms with Gasteiger partial charge in [0.25, 0.3) is 5.91 Å². The lowest BCUT2D eigenvalue weighted by Crippen LogP contribution is -2.52. The minimum absolute atomic E-state index is 0.0974. The maximum atomic E-state index is 13.0. The molecule has 1 aliphatic rings. The van der Waals surface area contributed by atoms with Gasteiger partial charge < -0.3 is 10.2 Å². The Labute approximate surface area is 148 Å². The van der Waals surface area contributed by atoms with Crippen molar-refractivity contribution in [3.05, 3.63) is 71.3 Å². The molecule has 25 heavy (non-hydrogen) atoms. The lowest BCUT2D eigenvalue weighted by atomic mass is 9.99. The maximum Gasteiger partial charge on any atom is 0.254 e. The number of piperazine rings is 1. The van der Waals surface area contributed by atoms with Gasteiger partial charge in [0, 0.05) is 18.7 Å². The standard InChI is InChI=1S/C21H24N2O2/c1-15(2)14-16-8-10-18(11-9-16)21(25)23-13-12-22-20(24)19(23)17-6-4-3-5-7-17/h3-11,15,19H,12-14H2,1-2H3,(H,22,24). The van der Waals surface area contributed by atoms with Gasteiger partial charge in [-0.15, -0.1) is 0 Å². The van der Waals surface area contributed by atoms with Crippen LogP contribution in [0.1, 0.15) is 41.4 Å². The molecule has 1 aliphatic heterocycles. The molecule has 130 valence electrons. The Bertz CT molecular complexity index is 738. The van der Waals surface area contributed by atoms with Gasteiger partial charge in [-0.05, 0) is 35.6 Å². The Hall–Kier alpha value is -2.62. The Morgan fingerprint density at radius 1 is 1.12 bits per heavy atom. The topological polar surface area (TPSA) is 49.4 Å². The summed E-state index contributed by atoms with van der Waals surface area (Å²) in [6.45, 7) is 5.35. The molecule has 0 aliphatic carbocycles. The summed E-state index contributed by atoms with van der Waals surface area (Å²) in [7, 11) is 0. The van der Waals surface area contributed by atoms with Crippen molar-refractivity contribution in [2.24, 2.45) is 5.92 Å². The van der Waals surface area contributed by atoms with Crippen LogP contribution in [0, 0.1) is 5.92 Å². The van der Waals surface area contributed by atoms with Crippen molar-refractivity contribution in [3.8, 4) is 0 Å². The molecule has 1 unspecified atom stereocenters. The first-order valence-electron chi connectivity index (χ1n) is 8.79. The first kappa shape index (κ1) is 17.2. The molecule has 0 spiro atoms. The average molecular weight is 336 g/mol. The number of amides is 2. The van der Waals surface area contributed by atoms with Gasteiger partial charge in [-0.3, -0.25) is 9.59 Å². The number of nitrogens with zero attached hydrogens (tertiary/aromatic N) is 1. The fourth-order valence-corrected chi connectivity index (χ4v) is 3.27. The van der Waals surface area contributed by atoms with Crippen LogP contribution in [-0.4, -0.2) is 29.8 Å². The van der Waals surface area contributed by atoms with Crippen molar-refractivity contribution < 1.29 is 9.59 Å². The highest BCUT2D eigenvalue weighted by atomic mass is 16.2. The van der Waals surface area contributed by atoms with Gasteiger partial charge in [-0.2, -0.15) is 0 Å². The molecule has 2 amide bonds. The summed E-state index contributed by atoms with van der Waals surface area (Å²) in [5, 5.41) is 2.86. The molecule has 3 rings (SSSR count). The summed E-state index contributed by atoms with van der Waals surface area (Å²) >= 11 is 0. The molecule has 4 nitrogen and oxygen atoms in total. The van der Waals surface area contributed by atoms with Crippen molar-refractivity contribution in [2.75, 3.05) is 13.1 Å². The Kier molecular flexibility index (Phi) is 5.17. The molecule has 1 fully saturated rings. The smallest absolute Gasteiger partial charge is 0.254 e. The normalized spacial score (nSPS) is 17.5. The summed E-state index contributed by atoms with van der Waals surface area (Å²) in [6, 6.07) is 16.7. The van der Waals surface area contributed by atoms with Crippen molar-refractivity contribution >= 4 is 11.8 Å². The zero-order valence-corrected chi connectivity index (χ0v) is 14.7. The average Bonchev–Trinajstić information content (AvgIpc) is 2.62. The molecule has 2 aromatic carbocycles. The Morgan fingerprint density at radius 3 is 2.44 bits per heavy atom. The van der Waals surface area contributed by atoms with Gasteiger partial charge in [0.05, 0.1) is 0 Å². The third-order valence-electron chi connectivity index (χ3n) is 4.43. The highest BCUT2D eigenvalue weighted by Gasteiger charge is 2.34. The van der Waals surface area contributed by atoms with Crippen molar-refractivity contribution in [2.45, 2.75) is 26.3 Å². The van der Waals surface area contributed by atoms with E-state index in [1.54, 1.807) is 4.90 Å². The van der Waals surface area contributed by atoms with Crippen LogP contribution in [0.25, 0.3) is 0 Å². The van der Waals surface area contributed by atoms with E-state index in [2.05, 4.69) is 19.2 Å². The van der Waals surface area contributed by atoms with E-state index >= 15 is 0 Å². The fraction of sp³-hybridized carbons (Fsp3) is 0.333. The van der Waals surface area contributed by atoms with Crippen LogP contribution >= 0.6 is 0 Å². The molecule has 4 heteroatoms. The number of hydrogen-bond acceptors (Lipinski definition) is 2. The zero-order valence-electron chi connectivity index (χ0n) is 14.7. The van der Waals surface area contributed by atoms with Crippen LogP contribution in [0.2, 0.25) is 0 Å². The number of hydrogen-bond donors (Lipinski definition) is 1. The second kappa shape index (κ2) is 7.51. The van der Waals surface area contributed by atoms with Crippen LogP contribution in [0.4, 0.5) is 0 Å². The second-order valence-electron chi connectivity index (χ2n) is 6.90. The molecule has 0 bridgehead atoms. The van der Waals surface area contributed by atoms with Gasteiger partial charge in [-0.1, -0.05) is 56.3 Å². The Balaban J connectivity index is 1.85. The SMILES string of the molecule is CC(C)Cc1ccc(C(=O)N2CCNC(=O)C2c2ccccc2)cc1. The van der Waals surface area contributed by atoms with E-state index < -0.39 is 6.04 Å². The summed E-state index contributed by atoms with van der Waals surface area (Å²) in [5.41, 5.74) is 2.69. The predicted molar refractivity (Wildman–Crippen MR) is 98.2 cm³/mol. The summed E-state index contributed by atoms with van der Waals surface area (Å²) in [6.07, 6.45) is 0.993. The largest absolute Gasteiger partial charge is 0.352 e. The monoisotopic (exact) mass is 336 g/mol. The van der Waals surface area contributed by atoms with Crippen LogP contribution in [0.5, 0.6) is 0 Å². The lowest BCUT2D eigenvalue weighted by Gasteiger charge is -2.35. The van der Waals surface area contributed by atoms with Gasteiger partial charge in [0.1, 0.15) is 6.04 Å². The van der Waals surface area contributed by atoms with Gasteiger partial charge in [0.15, 0.2) is 0 Å². The molecule has 1 atom stereocenters. The van der Waals surface area contributed by atoms with Crippen LogP contribution in [0.3, 0.4) is 0 Å². The third-order valence-corrected chi connectivity index (χ3v) is 4.43. The van der Waals surface area contributed by atoms with E-state index in [1.807, 2.05) is 54.6 Å². The summed E-state index contributed by atoms with van der Waals surface area (Å²) in [4.78, 5) is 27.1. The number of rotatable bonds is 4. The van der Waals surface area contributed by atoms with E-state index in [0.29, 0.717) is 24.6 Å². The maximum absolute atomic E-state index is 13.0. The van der Waals surface area contributed by atoms with E-state index in [4.69, 9.17) is 0 Å². The highest BCUT2D eigenvalue weighted by molar-refractivity contribution is 5.98. The quantitative estimate of drug-likeness (QED) is 0.932. The first-order chi connectivity index (χ1) is 12.1. The molecule has 0 aromatic heterocycles. The predicted octanol–water partition coefficient (Wildman–Crippen LogP) is 3.20. The second-order valence-corrected chi connectivity index (χ2v) is 6.90. The van der Waals surface area contributed by atoms with Gasteiger partial charge in [0.2, 0.25) is 5.91 Å². The molecular weight excluding hydrogens is 312 g/mol. The van der Waals surface area contributed by atoms with Gasteiger partial charge >= 0.3 is 0 Å². The molecule has 2 aromatic rings. The van der Waals surface area contributed by atoms with Crippen molar-refractivity contribution in [1.29, 1.82) is 0 Å². The Morgan fingerprint density at radius 2 is 1.80 bits per heavy atom. The summed E-state index contributed by atoms with van der Waals surface area (Å²) < 4.78 is 0. The molecule has 0 saturated carbocycles. The molecular formula is C21H24N2O2. The number of carbonyl (C=O) groups is 2. The van der Waals surface area contributed by atoms with E-state index in [1.165, 1.54) is 5.56 Å². The highest BCUT2D eigenvalue weighted by Crippen LogP contribution is 2.25. The first-order valence-corrected chi connectivity index (χ1v) is 8.79. The molecule has 1 N–H and O–H groups in total. The van der Waals surface area contributed by atoms with E-state index in [0.717, 1.165) is 12.0 Å². The van der Waals surface area contributed by atoms with Crippen molar-refractivity contribution in [3.63, 3.8) is 0 Å². The minimum atomic E-state index is -0.571. The number of nitrogens with one attached hydrogen (secondary N) is 1. The zero-order chi connectivity index (χ0) is 17.8. The van der Waals surface area contributed by atoms with Gasteiger partial charge in [-0.25, -0.2) is 0 Å². The fourth-order valence-electron chi connectivity index (χ4n) is 3.27. The minimum Gasteiger partial charge on any atom is -0.352 e. The van der Waals surface area contributed by atoms with Crippen LogP contribution in [-0.2, 0) is 11.2 Å². The van der Waals surface area contributed by atoms with Crippen molar-refractivity contribution in [1.82, 2.24) is 10.2 Å². The van der Waals surface area contributed by atoms with E-state index in [-0.39, 0.29) is 11.8 Å². The third kappa shape index (κ3) is 3.90. The van der Waals surface area contributed by atoms with E-state index in [9.17, 15) is 9.59 Å². The molecule has 1 heterocycles. The molecule has 0 radical (unpaired) electrons. The van der Waals surface area contributed by atoms with Crippen LogP contribution in [0.15, 0.2) is 54.6 Å². The molecule has 1 saturated heterocycles. The summed E-state index contributed by atoms with van der Waals surface area (Å²) in [5.74, 6) is 0.358. The lowest BCUT2D eigenvalue weighted by molar-refractivity contribution is -0.128.